The summed E-state index contributed by atoms with van der Waals surface area (Å²) in [5.41, 5.74) is -0.355. The second-order valence-corrected chi connectivity index (χ2v) is 8.39. The highest BCUT2D eigenvalue weighted by Crippen LogP contribution is 2.39. The van der Waals surface area contributed by atoms with Gasteiger partial charge in [-0.1, -0.05) is 79.2 Å². The maximum absolute atomic E-state index is 14.2. The van der Waals surface area contributed by atoms with Gasteiger partial charge in [0.1, 0.15) is 11.6 Å². The van der Waals surface area contributed by atoms with Crippen molar-refractivity contribution in [1.29, 1.82) is 0 Å². The van der Waals surface area contributed by atoms with Gasteiger partial charge in [0.05, 0.1) is 5.60 Å². The molecule has 26 heavy (non-hydrogen) atoms. The maximum Gasteiger partial charge on any atom is 0.129 e. The summed E-state index contributed by atoms with van der Waals surface area (Å²) in [4.78, 5) is 0. The van der Waals surface area contributed by atoms with E-state index >= 15 is 0 Å². The monoisotopic (exact) mass is 368 g/mol. The lowest BCUT2D eigenvalue weighted by Crippen LogP contribution is -2.48. The molecule has 0 amide bonds. The zero-order chi connectivity index (χ0) is 19.7. The second kappa shape index (κ2) is 11.0. The molecule has 0 aromatic heterocycles. The number of halogens is 2. The van der Waals surface area contributed by atoms with Gasteiger partial charge < -0.3 is 5.11 Å². The lowest BCUT2D eigenvalue weighted by Gasteiger charge is -2.43. The standard InChI is InChI=1S/C23H38F2O/c1-6-7-8-9-10-11-12-20(23(26,17(2)3)18(4)5)15-19-13-14-21(24)16-22(19)25/h13-14,16-18,20,26H,6-12,15H2,1-5H3. The molecule has 0 spiro atoms. The maximum atomic E-state index is 14.2. The van der Waals surface area contributed by atoms with E-state index < -0.39 is 17.2 Å². The second-order valence-electron chi connectivity index (χ2n) is 8.39. The van der Waals surface area contributed by atoms with Gasteiger partial charge in [-0.3, -0.25) is 0 Å². The highest BCUT2D eigenvalue weighted by atomic mass is 19.1. The largest absolute Gasteiger partial charge is 0.389 e. The van der Waals surface area contributed by atoms with E-state index in [9.17, 15) is 13.9 Å². The summed E-state index contributed by atoms with van der Waals surface area (Å²) >= 11 is 0. The summed E-state index contributed by atoms with van der Waals surface area (Å²) in [6.07, 6.45) is 8.48. The van der Waals surface area contributed by atoms with Crippen LogP contribution in [0.3, 0.4) is 0 Å². The van der Waals surface area contributed by atoms with Gasteiger partial charge in [0.25, 0.3) is 0 Å². The first-order chi connectivity index (χ1) is 12.2. The molecule has 1 nitrogen and oxygen atoms in total. The fourth-order valence-electron chi connectivity index (χ4n) is 4.23. The molecule has 0 saturated heterocycles. The van der Waals surface area contributed by atoms with E-state index in [4.69, 9.17) is 0 Å². The molecule has 0 saturated carbocycles. The topological polar surface area (TPSA) is 20.2 Å². The number of rotatable bonds is 12. The van der Waals surface area contributed by atoms with Gasteiger partial charge in [-0.15, -0.1) is 0 Å². The number of hydrogen-bond donors (Lipinski definition) is 1. The van der Waals surface area contributed by atoms with Gasteiger partial charge in [0.15, 0.2) is 0 Å². The Morgan fingerprint density at radius 3 is 2.04 bits per heavy atom. The molecule has 1 aromatic carbocycles. The van der Waals surface area contributed by atoms with Crippen LogP contribution >= 0.6 is 0 Å². The van der Waals surface area contributed by atoms with Crippen molar-refractivity contribution < 1.29 is 13.9 Å². The average molecular weight is 369 g/mol. The Balaban J connectivity index is 2.90. The van der Waals surface area contributed by atoms with Gasteiger partial charge in [-0.25, -0.2) is 8.78 Å². The Morgan fingerprint density at radius 2 is 1.50 bits per heavy atom. The first-order valence-corrected chi connectivity index (χ1v) is 10.4. The average Bonchev–Trinajstić information content (AvgIpc) is 2.57. The van der Waals surface area contributed by atoms with E-state index in [-0.39, 0.29) is 17.8 Å². The molecule has 1 N–H and O–H groups in total. The van der Waals surface area contributed by atoms with Crippen molar-refractivity contribution in [3.63, 3.8) is 0 Å². The molecule has 1 atom stereocenters. The predicted molar refractivity (Wildman–Crippen MR) is 106 cm³/mol. The van der Waals surface area contributed by atoms with Crippen molar-refractivity contribution in [3.8, 4) is 0 Å². The smallest absolute Gasteiger partial charge is 0.129 e. The molecule has 3 heteroatoms. The number of unbranched alkanes of at least 4 members (excludes halogenated alkanes) is 5. The van der Waals surface area contributed by atoms with E-state index in [0.717, 1.165) is 25.3 Å². The third kappa shape index (κ3) is 6.33. The van der Waals surface area contributed by atoms with E-state index in [1.165, 1.54) is 37.8 Å². The normalized spacial score (nSPS) is 13.6. The van der Waals surface area contributed by atoms with Crippen molar-refractivity contribution in [3.05, 3.63) is 35.4 Å². The molecule has 1 aromatic rings. The number of aliphatic hydroxyl groups is 1. The Bertz CT molecular complexity index is 517. The zero-order valence-corrected chi connectivity index (χ0v) is 17.3. The highest BCUT2D eigenvalue weighted by molar-refractivity contribution is 5.20. The van der Waals surface area contributed by atoms with Crippen LogP contribution in [-0.2, 0) is 6.42 Å². The van der Waals surface area contributed by atoms with Gasteiger partial charge in [-0.2, -0.15) is 0 Å². The minimum absolute atomic E-state index is 0.0337. The van der Waals surface area contributed by atoms with Crippen LogP contribution in [0.1, 0.15) is 85.1 Å². The summed E-state index contributed by atoms with van der Waals surface area (Å²) in [5.74, 6) is -0.935. The van der Waals surface area contributed by atoms with E-state index in [2.05, 4.69) is 6.92 Å². The molecule has 150 valence electrons. The van der Waals surface area contributed by atoms with E-state index in [0.29, 0.717) is 12.0 Å². The van der Waals surface area contributed by atoms with Crippen LogP contribution < -0.4 is 0 Å². The van der Waals surface area contributed by atoms with Crippen LogP contribution in [0, 0.1) is 29.4 Å². The van der Waals surface area contributed by atoms with E-state index in [1.807, 2.05) is 27.7 Å². The molecule has 0 fully saturated rings. The summed E-state index contributed by atoms with van der Waals surface area (Å²) < 4.78 is 27.4. The van der Waals surface area contributed by atoms with Crippen LogP contribution in [0.4, 0.5) is 8.78 Å². The first kappa shape index (κ1) is 23.1. The molecular weight excluding hydrogens is 330 g/mol. The lowest BCUT2D eigenvalue weighted by molar-refractivity contribution is -0.0991. The van der Waals surface area contributed by atoms with Crippen LogP contribution in [0.25, 0.3) is 0 Å². The van der Waals surface area contributed by atoms with Gasteiger partial charge in [-0.05, 0) is 42.2 Å². The van der Waals surface area contributed by atoms with Crippen molar-refractivity contribution in [2.45, 2.75) is 91.6 Å². The molecule has 1 unspecified atom stereocenters. The number of benzene rings is 1. The van der Waals surface area contributed by atoms with Crippen LogP contribution in [-0.4, -0.2) is 10.7 Å². The third-order valence-corrected chi connectivity index (χ3v) is 5.89. The lowest BCUT2D eigenvalue weighted by atomic mass is 9.67. The predicted octanol–water partition coefficient (Wildman–Crippen LogP) is 6.92. The highest BCUT2D eigenvalue weighted by Gasteiger charge is 2.42. The molecule has 0 aliphatic heterocycles. The Labute approximate surface area is 159 Å². The minimum Gasteiger partial charge on any atom is -0.389 e. The van der Waals surface area contributed by atoms with Crippen LogP contribution in [0.5, 0.6) is 0 Å². The summed E-state index contributed by atoms with van der Waals surface area (Å²) in [6.45, 7) is 10.4. The van der Waals surface area contributed by atoms with Crippen molar-refractivity contribution in [1.82, 2.24) is 0 Å². The van der Waals surface area contributed by atoms with Crippen molar-refractivity contribution in [2.75, 3.05) is 0 Å². The van der Waals surface area contributed by atoms with Crippen molar-refractivity contribution in [2.24, 2.45) is 17.8 Å². The van der Waals surface area contributed by atoms with Gasteiger partial charge >= 0.3 is 0 Å². The Morgan fingerprint density at radius 1 is 0.923 bits per heavy atom. The summed E-state index contributed by atoms with van der Waals surface area (Å²) in [7, 11) is 0. The zero-order valence-electron chi connectivity index (χ0n) is 17.3. The fraction of sp³-hybridized carbons (Fsp3) is 0.739. The van der Waals surface area contributed by atoms with Crippen LogP contribution in [0.15, 0.2) is 18.2 Å². The molecule has 0 radical (unpaired) electrons. The van der Waals surface area contributed by atoms with Gasteiger partial charge in [0.2, 0.25) is 0 Å². The SMILES string of the molecule is CCCCCCCCC(Cc1ccc(F)cc1F)C(O)(C(C)C)C(C)C. The quantitative estimate of drug-likeness (QED) is 0.397. The first-order valence-electron chi connectivity index (χ1n) is 10.4. The Hall–Kier alpha value is -0.960. The third-order valence-electron chi connectivity index (χ3n) is 5.89. The molecule has 0 bridgehead atoms. The molecule has 0 heterocycles. The minimum atomic E-state index is -0.857. The van der Waals surface area contributed by atoms with E-state index in [1.54, 1.807) is 0 Å². The van der Waals surface area contributed by atoms with Crippen molar-refractivity contribution >= 4 is 0 Å². The molecular formula is C23H38F2O. The summed E-state index contributed by atoms with van der Waals surface area (Å²) in [5, 5.41) is 11.5. The van der Waals surface area contributed by atoms with Crippen LogP contribution in [0.2, 0.25) is 0 Å². The molecule has 1 rings (SSSR count). The fourth-order valence-corrected chi connectivity index (χ4v) is 4.23. The number of hydrogen-bond acceptors (Lipinski definition) is 1. The summed E-state index contributed by atoms with van der Waals surface area (Å²) in [6, 6.07) is 3.78. The van der Waals surface area contributed by atoms with Gasteiger partial charge in [0, 0.05) is 6.07 Å². The molecule has 0 aliphatic rings. The Kier molecular flexibility index (Phi) is 9.78. The molecule has 0 aliphatic carbocycles.